The van der Waals surface area contributed by atoms with Crippen molar-refractivity contribution in [1.82, 2.24) is 9.97 Å². The van der Waals surface area contributed by atoms with Crippen LogP contribution in [0, 0.1) is 6.92 Å². The summed E-state index contributed by atoms with van der Waals surface area (Å²) < 4.78 is 0. The minimum atomic E-state index is 0.531. The van der Waals surface area contributed by atoms with Crippen LogP contribution in [-0.4, -0.2) is 9.97 Å². The van der Waals surface area contributed by atoms with Crippen LogP contribution in [0.1, 0.15) is 10.4 Å². The summed E-state index contributed by atoms with van der Waals surface area (Å²) in [6.45, 7) is 2.11. The second kappa shape index (κ2) is 7.16. The molecule has 5 heteroatoms. The molecule has 0 aliphatic carbocycles. The molecule has 0 aliphatic heterocycles. The van der Waals surface area contributed by atoms with Crippen molar-refractivity contribution in [2.75, 3.05) is 0 Å². The summed E-state index contributed by atoms with van der Waals surface area (Å²) in [6, 6.07) is 20.6. The number of halogens is 1. The third kappa shape index (κ3) is 3.43. The van der Waals surface area contributed by atoms with Gasteiger partial charge in [-0.25, -0.2) is 9.97 Å². The number of thiophene rings is 1. The van der Waals surface area contributed by atoms with Gasteiger partial charge in [-0.05, 0) is 18.1 Å². The fourth-order valence-corrected chi connectivity index (χ4v) is 5.06. The van der Waals surface area contributed by atoms with Crippen LogP contribution >= 0.6 is 34.7 Å². The lowest BCUT2D eigenvalue weighted by Crippen LogP contribution is -1.90. The molecule has 0 saturated carbocycles. The molecule has 0 N–H and O–H groups in total. The molecule has 0 saturated heterocycles. The summed E-state index contributed by atoms with van der Waals surface area (Å²) in [5, 5.41) is 2.21. The summed E-state index contributed by atoms with van der Waals surface area (Å²) in [5.74, 6) is 0.832. The zero-order valence-electron chi connectivity index (χ0n) is 13.6. The Labute approximate surface area is 159 Å². The average molecular weight is 383 g/mol. The van der Waals surface area contributed by atoms with Gasteiger partial charge in [0.05, 0.1) is 5.39 Å². The van der Waals surface area contributed by atoms with Gasteiger partial charge in [0.1, 0.15) is 9.98 Å². The summed E-state index contributed by atoms with van der Waals surface area (Å²) in [5.41, 5.74) is 3.55. The van der Waals surface area contributed by atoms with Gasteiger partial charge in [-0.3, -0.25) is 0 Å². The minimum Gasteiger partial charge on any atom is -0.211 e. The second-order valence-electron chi connectivity index (χ2n) is 5.65. The van der Waals surface area contributed by atoms with E-state index in [2.05, 4.69) is 36.2 Å². The van der Waals surface area contributed by atoms with Crippen molar-refractivity contribution in [3.63, 3.8) is 0 Å². The van der Waals surface area contributed by atoms with Crippen LogP contribution in [-0.2, 0) is 5.75 Å². The van der Waals surface area contributed by atoms with Crippen molar-refractivity contribution in [3.8, 4) is 11.1 Å². The predicted octanol–water partition coefficient (Wildman–Crippen LogP) is 6.61. The Morgan fingerprint density at radius 3 is 2.36 bits per heavy atom. The third-order valence-electron chi connectivity index (χ3n) is 3.94. The van der Waals surface area contributed by atoms with E-state index < -0.39 is 0 Å². The number of hydrogen-bond donors (Lipinski definition) is 0. The molecule has 124 valence electrons. The van der Waals surface area contributed by atoms with Gasteiger partial charge in [-0.15, -0.1) is 11.3 Å². The zero-order chi connectivity index (χ0) is 17.2. The van der Waals surface area contributed by atoms with E-state index in [0.29, 0.717) is 5.15 Å². The number of rotatable bonds is 4. The standard InChI is InChI=1S/C20H15ClN2S2/c1-13-16(15-10-6-3-7-11-15)17-18(21)22-20(23-19(17)25-13)24-12-14-8-4-2-5-9-14/h2-11H,12H2,1H3. The van der Waals surface area contributed by atoms with E-state index >= 15 is 0 Å². The molecular formula is C20H15ClN2S2. The Balaban J connectivity index is 1.72. The molecule has 0 fully saturated rings. The van der Waals surface area contributed by atoms with Crippen molar-refractivity contribution in [2.45, 2.75) is 17.8 Å². The van der Waals surface area contributed by atoms with E-state index in [1.165, 1.54) is 10.4 Å². The van der Waals surface area contributed by atoms with Gasteiger partial charge in [-0.1, -0.05) is 84.0 Å². The van der Waals surface area contributed by atoms with E-state index in [0.717, 1.165) is 32.3 Å². The molecular weight excluding hydrogens is 368 g/mol. The second-order valence-corrected chi connectivity index (χ2v) is 8.15. The molecule has 0 atom stereocenters. The lowest BCUT2D eigenvalue weighted by Gasteiger charge is -2.05. The highest BCUT2D eigenvalue weighted by Gasteiger charge is 2.17. The first-order valence-corrected chi connectivity index (χ1v) is 10.1. The van der Waals surface area contributed by atoms with Crippen LogP contribution in [0.3, 0.4) is 0 Å². The van der Waals surface area contributed by atoms with Gasteiger partial charge in [0.2, 0.25) is 0 Å². The molecule has 2 aromatic heterocycles. The topological polar surface area (TPSA) is 25.8 Å². The van der Waals surface area contributed by atoms with Gasteiger partial charge >= 0.3 is 0 Å². The number of hydrogen-bond acceptors (Lipinski definition) is 4. The Morgan fingerprint density at radius 2 is 1.64 bits per heavy atom. The van der Waals surface area contributed by atoms with E-state index in [-0.39, 0.29) is 0 Å². The van der Waals surface area contributed by atoms with Gasteiger partial charge in [0.15, 0.2) is 5.16 Å². The lowest BCUT2D eigenvalue weighted by atomic mass is 10.0. The van der Waals surface area contributed by atoms with Gasteiger partial charge < -0.3 is 0 Å². The maximum absolute atomic E-state index is 6.55. The summed E-state index contributed by atoms with van der Waals surface area (Å²) in [4.78, 5) is 11.4. The summed E-state index contributed by atoms with van der Waals surface area (Å²) in [7, 11) is 0. The lowest BCUT2D eigenvalue weighted by molar-refractivity contribution is 1.01. The highest BCUT2D eigenvalue weighted by Crippen LogP contribution is 2.41. The smallest absolute Gasteiger partial charge is 0.190 e. The first-order valence-electron chi connectivity index (χ1n) is 7.91. The molecule has 4 rings (SSSR count). The maximum Gasteiger partial charge on any atom is 0.190 e. The van der Waals surface area contributed by atoms with Crippen LogP contribution in [0.2, 0.25) is 5.15 Å². The fraction of sp³-hybridized carbons (Fsp3) is 0.100. The number of benzene rings is 2. The van der Waals surface area contributed by atoms with E-state index in [1.807, 2.05) is 36.4 Å². The van der Waals surface area contributed by atoms with Gasteiger partial charge in [0.25, 0.3) is 0 Å². The van der Waals surface area contributed by atoms with Crippen LogP contribution < -0.4 is 0 Å². The quantitative estimate of drug-likeness (QED) is 0.225. The maximum atomic E-state index is 6.55. The largest absolute Gasteiger partial charge is 0.211 e. The average Bonchev–Trinajstić information content (AvgIpc) is 2.98. The molecule has 2 heterocycles. The Bertz CT molecular complexity index is 1010. The van der Waals surface area contributed by atoms with Gasteiger partial charge in [-0.2, -0.15) is 0 Å². The normalized spacial score (nSPS) is 11.1. The number of aromatic nitrogens is 2. The van der Waals surface area contributed by atoms with E-state index in [1.54, 1.807) is 23.1 Å². The molecule has 2 nitrogen and oxygen atoms in total. The first kappa shape index (κ1) is 16.6. The highest BCUT2D eigenvalue weighted by atomic mass is 35.5. The molecule has 2 aromatic carbocycles. The number of thioether (sulfide) groups is 1. The van der Waals surface area contributed by atoms with E-state index in [4.69, 9.17) is 16.6 Å². The number of fused-ring (bicyclic) bond motifs is 1. The van der Waals surface area contributed by atoms with Crippen molar-refractivity contribution in [2.24, 2.45) is 0 Å². The monoisotopic (exact) mass is 382 g/mol. The Hall–Kier alpha value is -1.88. The van der Waals surface area contributed by atoms with E-state index in [9.17, 15) is 0 Å². The Kier molecular flexibility index (Phi) is 4.75. The number of nitrogens with zero attached hydrogens (tertiary/aromatic N) is 2. The molecule has 0 radical (unpaired) electrons. The zero-order valence-corrected chi connectivity index (χ0v) is 16.0. The van der Waals surface area contributed by atoms with Crippen LogP contribution in [0.25, 0.3) is 21.3 Å². The van der Waals surface area contributed by atoms with Gasteiger partial charge in [0, 0.05) is 16.2 Å². The van der Waals surface area contributed by atoms with Crippen molar-refractivity contribution < 1.29 is 0 Å². The predicted molar refractivity (Wildman–Crippen MR) is 109 cm³/mol. The molecule has 0 spiro atoms. The van der Waals surface area contributed by atoms with Crippen molar-refractivity contribution in [1.29, 1.82) is 0 Å². The van der Waals surface area contributed by atoms with Crippen molar-refractivity contribution in [3.05, 3.63) is 76.3 Å². The SMILES string of the molecule is Cc1sc2nc(SCc3ccccc3)nc(Cl)c2c1-c1ccccc1. The molecule has 4 aromatic rings. The Morgan fingerprint density at radius 1 is 0.960 bits per heavy atom. The molecule has 0 bridgehead atoms. The van der Waals surface area contributed by atoms with Crippen LogP contribution in [0.5, 0.6) is 0 Å². The third-order valence-corrected chi connectivity index (χ3v) is 6.13. The minimum absolute atomic E-state index is 0.531. The van der Waals surface area contributed by atoms with Crippen LogP contribution in [0.15, 0.2) is 65.8 Å². The molecule has 0 amide bonds. The first-order chi connectivity index (χ1) is 12.2. The fourth-order valence-electron chi connectivity index (χ4n) is 2.79. The summed E-state index contributed by atoms with van der Waals surface area (Å²) in [6.07, 6.45) is 0. The molecule has 25 heavy (non-hydrogen) atoms. The highest BCUT2D eigenvalue weighted by molar-refractivity contribution is 7.98. The summed E-state index contributed by atoms with van der Waals surface area (Å²) >= 11 is 9.84. The molecule has 0 aliphatic rings. The number of aryl methyl sites for hydroxylation is 1. The molecule has 0 unspecified atom stereocenters. The van der Waals surface area contributed by atoms with Crippen molar-refractivity contribution >= 4 is 44.9 Å². The van der Waals surface area contributed by atoms with Crippen LogP contribution in [0.4, 0.5) is 0 Å².